The third-order valence-electron chi connectivity index (χ3n) is 3.75. The zero-order valence-electron chi connectivity index (χ0n) is 15.3. The second kappa shape index (κ2) is 9.95. The molecule has 7 nitrogen and oxygen atoms in total. The van der Waals surface area contributed by atoms with Crippen LogP contribution in [-0.4, -0.2) is 40.0 Å². The van der Waals surface area contributed by atoms with Crippen LogP contribution in [0.2, 0.25) is 0 Å². The molecule has 0 radical (unpaired) electrons. The summed E-state index contributed by atoms with van der Waals surface area (Å²) in [7, 11) is -3.84. The first-order valence-corrected chi connectivity index (χ1v) is 9.98. The van der Waals surface area contributed by atoms with E-state index in [1.54, 1.807) is 24.3 Å². The van der Waals surface area contributed by atoms with Crippen LogP contribution in [-0.2, 0) is 30.8 Å². The van der Waals surface area contributed by atoms with E-state index in [9.17, 15) is 22.4 Å². The number of amides is 1. The molecule has 0 spiro atoms. The van der Waals surface area contributed by atoms with E-state index in [1.807, 2.05) is 6.92 Å². The molecule has 9 heteroatoms. The molecule has 0 saturated heterocycles. The van der Waals surface area contributed by atoms with Crippen LogP contribution in [0.1, 0.15) is 11.1 Å². The summed E-state index contributed by atoms with van der Waals surface area (Å²) in [5, 5.41) is 2.56. The Morgan fingerprint density at radius 1 is 1.04 bits per heavy atom. The highest BCUT2D eigenvalue weighted by Gasteiger charge is 2.16. The number of aryl methyl sites for hydroxylation is 1. The number of carbonyl (C=O) groups excluding carboxylic acids is 2. The predicted octanol–water partition coefficient (Wildman–Crippen LogP) is 1.31. The summed E-state index contributed by atoms with van der Waals surface area (Å²) in [5.41, 5.74) is 1.76. The average molecular weight is 408 g/mol. The highest BCUT2D eigenvalue weighted by Crippen LogP contribution is 2.09. The summed E-state index contributed by atoms with van der Waals surface area (Å²) >= 11 is 0. The molecule has 28 heavy (non-hydrogen) atoms. The van der Waals surface area contributed by atoms with Gasteiger partial charge in [-0.15, -0.1) is 0 Å². The Morgan fingerprint density at radius 2 is 1.68 bits per heavy atom. The summed E-state index contributed by atoms with van der Waals surface area (Å²) in [5.74, 6) is -1.72. The Bertz CT molecular complexity index is 912. The zero-order chi connectivity index (χ0) is 20.6. The number of benzene rings is 2. The Labute approximate surface area is 163 Å². The first-order chi connectivity index (χ1) is 13.3. The van der Waals surface area contributed by atoms with Gasteiger partial charge in [-0.05, 0) is 43.2 Å². The lowest BCUT2D eigenvalue weighted by Gasteiger charge is -2.08. The van der Waals surface area contributed by atoms with E-state index in [2.05, 4.69) is 10.0 Å². The lowest BCUT2D eigenvalue weighted by Crippen LogP contribution is -2.34. The van der Waals surface area contributed by atoms with Crippen LogP contribution in [0.3, 0.4) is 0 Å². The molecule has 0 saturated carbocycles. The Hall–Kier alpha value is -2.78. The van der Waals surface area contributed by atoms with Gasteiger partial charge in [-0.1, -0.05) is 29.8 Å². The summed E-state index contributed by atoms with van der Waals surface area (Å²) in [6.45, 7) is 1.02. The molecule has 2 aromatic rings. The van der Waals surface area contributed by atoms with Crippen molar-refractivity contribution in [2.45, 2.75) is 18.2 Å². The second-order valence-electron chi connectivity index (χ2n) is 6.02. The van der Waals surface area contributed by atoms with Crippen LogP contribution in [0, 0.1) is 12.7 Å². The van der Waals surface area contributed by atoms with Crippen LogP contribution >= 0.6 is 0 Å². The molecule has 0 aliphatic heterocycles. The Morgan fingerprint density at radius 3 is 2.32 bits per heavy atom. The molecular formula is C19H21FN2O5S. The fraction of sp³-hybridized carbons (Fsp3) is 0.263. The molecule has 150 valence electrons. The number of hydrogen-bond acceptors (Lipinski definition) is 5. The third kappa shape index (κ3) is 7.09. The highest BCUT2D eigenvalue weighted by molar-refractivity contribution is 7.89. The topological polar surface area (TPSA) is 102 Å². The maximum Gasteiger partial charge on any atom is 0.321 e. The van der Waals surface area contributed by atoms with E-state index in [1.165, 1.54) is 24.3 Å². The molecule has 0 unspecified atom stereocenters. The normalized spacial score (nSPS) is 11.1. The average Bonchev–Trinajstić information content (AvgIpc) is 2.67. The summed E-state index contributed by atoms with van der Waals surface area (Å²) in [4.78, 5) is 23.3. The van der Waals surface area contributed by atoms with E-state index in [0.29, 0.717) is 13.0 Å². The largest absolute Gasteiger partial charge is 0.455 e. The fourth-order valence-corrected chi connectivity index (χ4v) is 3.17. The summed E-state index contributed by atoms with van der Waals surface area (Å²) < 4.78 is 43.8. The third-order valence-corrected chi connectivity index (χ3v) is 5.17. The van der Waals surface area contributed by atoms with Gasteiger partial charge >= 0.3 is 5.97 Å². The summed E-state index contributed by atoms with van der Waals surface area (Å²) in [6.07, 6.45) is 0.496. The van der Waals surface area contributed by atoms with E-state index in [-0.39, 0.29) is 10.7 Å². The molecular weight excluding hydrogens is 387 g/mol. The summed E-state index contributed by atoms with van der Waals surface area (Å²) in [6, 6.07) is 12.0. The van der Waals surface area contributed by atoms with Gasteiger partial charge in [0, 0.05) is 6.54 Å². The fourth-order valence-electron chi connectivity index (χ4n) is 2.20. The van der Waals surface area contributed by atoms with Gasteiger partial charge in [0.05, 0.1) is 4.90 Å². The van der Waals surface area contributed by atoms with Crippen molar-refractivity contribution in [2.75, 3.05) is 19.7 Å². The molecule has 1 amide bonds. The van der Waals surface area contributed by atoms with Crippen LogP contribution in [0.15, 0.2) is 53.4 Å². The number of halogens is 1. The Balaban J connectivity index is 1.67. The predicted molar refractivity (Wildman–Crippen MR) is 100 cm³/mol. The van der Waals surface area contributed by atoms with Gasteiger partial charge in [0.2, 0.25) is 10.0 Å². The first kappa shape index (κ1) is 21.5. The van der Waals surface area contributed by atoms with Crippen molar-refractivity contribution < 1.29 is 27.1 Å². The first-order valence-electron chi connectivity index (χ1n) is 8.49. The molecule has 0 heterocycles. The van der Waals surface area contributed by atoms with E-state index in [4.69, 9.17) is 4.74 Å². The maximum atomic E-state index is 12.8. The van der Waals surface area contributed by atoms with Crippen molar-refractivity contribution in [3.05, 3.63) is 65.5 Å². The van der Waals surface area contributed by atoms with Crippen molar-refractivity contribution in [2.24, 2.45) is 0 Å². The van der Waals surface area contributed by atoms with Gasteiger partial charge in [-0.3, -0.25) is 9.59 Å². The smallest absolute Gasteiger partial charge is 0.321 e. The molecule has 0 bridgehead atoms. The SMILES string of the molecule is Cc1ccc(S(=O)(=O)NCC(=O)OCC(=O)NCCc2ccc(F)cc2)cc1. The van der Waals surface area contributed by atoms with Crippen LogP contribution in [0.5, 0.6) is 0 Å². The molecule has 2 rings (SSSR count). The highest BCUT2D eigenvalue weighted by atomic mass is 32.2. The molecule has 0 atom stereocenters. The Kier molecular flexibility index (Phi) is 7.65. The number of ether oxygens (including phenoxy) is 1. The van der Waals surface area contributed by atoms with E-state index < -0.39 is 35.1 Å². The van der Waals surface area contributed by atoms with Crippen LogP contribution in [0.4, 0.5) is 4.39 Å². The molecule has 2 N–H and O–H groups in total. The number of hydrogen-bond donors (Lipinski definition) is 2. The number of rotatable bonds is 9. The zero-order valence-corrected chi connectivity index (χ0v) is 16.1. The minimum atomic E-state index is -3.84. The molecule has 0 aliphatic rings. The van der Waals surface area contributed by atoms with Gasteiger partial charge in [-0.2, -0.15) is 4.72 Å². The van der Waals surface area contributed by atoms with Crippen molar-refractivity contribution in [3.8, 4) is 0 Å². The van der Waals surface area contributed by atoms with Crippen molar-refractivity contribution >= 4 is 21.9 Å². The molecule has 0 aromatic heterocycles. The van der Waals surface area contributed by atoms with Crippen LogP contribution < -0.4 is 10.0 Å². The van der Waals surface area contributed by atoms with Crippen molar-refractivity contribution in [1.82, 2.24) is 10.0 Å². The quantitative estimate of drug-likeness (QED) is 0.610. The van der Waals surface area contributed by atoms with Gasteiger partial charge in [0.15, 0.2) is 6.61 Å². The monoisotopic (exact) mass is 408 g/mol. The molecule has 2 aromatic carbocycles. The maximum absolute atomic E-state index is 12.8. The van der Waals surface area contributed by atoms with E-state index in [0.717, 1.165) is 11.1 Å². The van der Waals surface area contributed by atoms with Gasteiger partial charge in [0.1, 0.15) is 12.4 Å². The minimum absolute atomic E-state index is 0.0319. The number of esters is 1. The number of nitrogens with one attached hydrogen (secondary N) is 2. The van der Waals surface area contributed by atoms with Crippen molar-refractivity contribution in [3.63, 3.8) is 0 Å². The lowest BCUT2D eigenvalue weighted by atomic mass is 10.1. The van der Waals surface area contributed by atoms with Crippen LogP contribution in [0.25, 0.3) is 0 Å². The van der Waals surface area contributed by atoms with Gasteiger partial charge in [-0.25, -0.2) is 12.8 Å². The van der Waals surface area contributed by atoms with Gasteiger partial charge in [0.25, 0.3) is 5.91 Å². The lowest BCUT2D eigenvalue weighted by molar-refractivity contribution is -0.147. The van der Waals surface area contributed by atoms with E-state index >= 15 is 0 Å². The number of sulfonamides is 1. The number of carbonyl (C=O) groups is 2. The second-order valence-corrected chi connectivity index (χ2v) is 7.79. The van der Waals surface area contributed by atoms with Gasteiger partial charge < -0.3 is 10.1 Å². The molecule has 0 fully saturated rings. The standard InChI is InChI=1S/C19H21FN2O5S/c1-14-2-8-17(9-3-14)28(25,26)22-12-19(24)27-13-18(23)21-11-10-15-4-6-16(20)7-5-15/h2-9,22H,10-13H2,1H3,(H,21,23). The minimum Gasteiger partial charge on any atom is -0.455 e. The van der Waals surface area contributed by atoms with Crippen molar-refractivity contribution in [1.29, 1.82) is 0 Å². The molecule has 0 aliphatic carbocycles.